The van der Waals surface area contributed by atoms with Gasteiger partial charge in [-0.25, -0.2) is 9.59 Å². The molecular formula is C21H23ClO7. The maximum atomic E-state index is 12.7. The average molecular weight is 423 g/mol. The molecular weight excluding hydrogens is 400 g/mol. The predicted molar refractivity (Wildman–Crippen MR) is 108 cm³/mol. The molecule has 0 saturated carbocycles. The first-order valence-corrected chi connectivity index (χ1v) is 9.40. The largest absolute Gasteiger partial charge is 0.493 e. The predicted octanol–water partition coefficient (Wildman–Crippen LogP) is 4.54. The Kier molecular flexibility index (Phi) is 8.15. The zero-order chi connectivity index (χ0) is 21.4. The van der Waals surface area contributed by atoms with Gasteiger partial charge in [0.2, 0.25) is 0 Å². The number of ether oxygens (including phenoxy) is 5. The fraction of sp³-hybridized carbons (Fsp3) is 0.333. The maximum Gasteiger partial charge on any atom is 0.343 e. The molecule has 8 heteroatoms. The molecule has 2 aromatic carbocycles. The van der Waals surface area contributed by atoms with E-state index in [4.69, 9.17) is 30.5 Å². The lowest BCUT2D eigenvalue weighted by Crippen LogP contribution is -2.11. The van der Waals surface area contributed by atoms with Crippen LogP contribution in [0.2, 0.25) is 5.02 Å². The van der Waals surface area contributed by atoms with Crippen LogP contribution in [-0.2, 0) is 4.74 Å². The highest BCUT2D eigenvalue weighted by molar-refractivity contribution is 6.32. The van der Waals surface area contributed by atoms with Gasteiger partial charge in [0.1, 0.15) is 0 Å². The number of carbonyl (C=O) groups is 2. The highest BCUT2D eigenvalue weighted by Crippen LogP contribution is 2.37. The Bertz CT molecular complexity index is 880. The fourth-order valence-corrected chi connectivity index (χ4v) is 2.71. The molecule has 0 heterocycles. The molecule has 0 fully saturated rings. The summed E-state index contributed by atoms with van der Waals surface area (Å²) in [7, 11) is 2.67. The van der Waals surface area contributed by atoms with E-state index in [1.54, 1.807) is 0 Å². The first-order valence-electron chi connectivity index (χ1n) is 9.02. The summed E-state index contributed by atoms with van der Waals surface area (Å²) < 4.78 is 26.5. The zero-order valence-electron chi connectivity index (χ0n) is 16.7. The van der Waals surface area contributed by atoms with Gasteiger partial charge in [0, 0.05) is 0 Å². The van der Waals surface area contributed by atoms with E-state index in [1.165, 1.54) is 44.6 Å². The molecule has 0 aromatic heterocycles. The van der Waals surface area contributed by atoms with E-state index < -0.39 is 11.9 Å². The molecule has 156 valence electrons. The van der Waals surface area contributed by atoms with E-state index in [0.717, 1.165) is 6.42 Å². The summed E-state index contributed by atoms with van der Waals surface area (Å²) in [6.07, 6.45) is 0.799. The van der Waals surface area contributed by atoms with Crippen molar-refractivity contribution in [3.63, 3.8) is 0 Å². The second-order valence-corrected chi connectivity index (χ2v) is 6.22. The van der Waals surface area contributed by atoms with Crippen molar-refractivity contribution in [3.8, 4) is 23.0 Å². The average Bonchev–Trinajstić information content (AvgIpc) is 2.72. The van der Waals surface area contributed by atoms with Crippen molar-refractivity contribution < 1.29 is 33.3 Å². The van der Waals surface area contributed by atoms with Gasteiger partial charge in [-0.15, -0.1) is 0 Å². The van der Waals surface area contributed by atoms with E-state index >= 15 is 0 Å². The lowest BCUT2D eigenvalue weighted by Gasteiger charge is -2.15. The smallest absolute Gasteiger partial charge is 0.343 e. The highest BCUT2D eigenvalue weighted by Gasteiger charge is 2.20. The number of rotatable bonds is 9. The molecule has 0 atom stereocenters. The summed E-state index contributed by atoms with van der Waals surface area (Å²) in [5.74, 6) is -0.109. The molecule has 0 bridgehead atoms. The molecule has 0 amide bonds. The van der Waals surface area contributed by atoms with Crippen molar-refractivity contribution in [2.24, 2.45) is 0 Å². The molecule has 2 rings (SSSR count). The second-order valence-electron chi connectivity index (χ2n) is 5.81. The van der Waals surface area contributed by atoms with Crippen LogP contribution < -0.4 is 18.9 Å². The Morgan fingerprint density at radius 2 is 1.62 bits per heavy atom. The first kappa shape index (κ1) is 22.4. The maximum absolute atomic E-state index is 12.7. The van der Waals surface area contributed by atoms with Crippen molar-refractivity contribution in [1.29, 1.82) is 0 Å². The number of hydrogen-bond acceptors (Lipinski definition) is 7. The Hall–Kier alpha value is -2.93. The lowest BCUT2D eigenvalue weighted by atomic mass is 10.2. The summed E-state index contributed by atoms with van der Waals surface area (Å²) in [4.78, 5) is 24.3. The van der Waals surface area contributed by atoms with Gasteiger partial charge in [-0.1, -0.05) is 18.5 Å². The zero-order valence-corrected chi connectivity index (χ0v) is 17.5. The van der Waals surface area contributed by atoms with Gasteiger partial charge in [0.05, 0.1) is 43.6 Å². The second kappa shape index (κ2) is 10.6. The van der Waals surface area contributed by atoms with Gasteiger partial charge in [0.25, 0.3) is 0 Å². The lowest BCUT2D eigenvalue weighted by molar-refractivity contribution is 0.0600. The van der Waals surface area contributed by atoms with Crippen LogP contribution in [0.4, 0.5) is 0 Å². The molecule has 2 aromatic rings. The third-order valence-corrected chi connectivity index (χ3v) is 4.06. The number of halogens is 1. The third-order valence-electron chi connectivity index (χ3n) is 3.78. The molecule has 0 aliphatic heterocycles. The van der Waals surface area contributed by atoms with E-state index in [9.17, 15) is 9.59 Å². The van der Waals surface area contributed by atoms with Crippen molar-refractivity contribution in [1.82, 2.24) is 0 Å². The Morgan fingerprint density at radius 1 is 0.897 bits per heavy atom. The van der Waals surface area contributed by atoms with E-state index in [1.807, 2.05) is 13.8 Å². The minimum atomic E-state index is -0.668. The highest BCUT2D eigenvalue weighted by atomic mass is 35.5. The normalized spacial score (nSPS) is 10.2. The number of carbonyl (C=O) groups excluding carboxylic acids is 2. The monoisotopic (exact) mass is 422 g/mol. The first-order chi connectivity index (χ1) is 13.9. The summed E-state index contributed by atoms with van der Waals surface area (Å²) in [5.41, 5.74) is 0.449. The van der Waals surface area contributed by atoms with Crippen LogP contribution in [0.15, 0.2) is 30.3 Å². The molecule has 0 radical (unpaired) electrons. The molecule has 0 spiro atoms. The molecule has 0 unspecified atom stereocenters. The van der Waals surface area contributed by atoms with Gasteiger partial charge in [-0.3, -0.25) is 0 Å². The summed E-state index contributed by atoms with van der Waals surface area (Å²) in [5, 5.41) is 0.240. The van der Waals surface area contributed by atoms with E-state index in [2.05, 4.69) is 4.74 Å². The fourth-order valence-electron chi connectivity index (χ4n) is 2.45. The topological polar surface area (TPSA) is 80.3 Å². The minimum Gasteiger partial charge on any atom is -0.493 e. The summed E-state index contributed by atoms with van der Waals surface area (Å²) in [6.45, 7) is 4.63. The van der Waals surface area contributed by atoms with Gasteiger partial charge >= 0.3 is 11.9 Å². The van der Waals surface area contributed by atoms with Crippen molar-refractivity contribution in [2.75, 3.05) is 27.4 Å². The number of esters is 2. The SMILES string of the molecule is CCCOc1c(Cl)cc(C(=O)Oc2ccc(C(=O)OC)cc2OC)cc1OCC. The Labute approximate surface area is 174 Å². The van der Waals surface area contributed by atoms with Crippen LogP contribution in [0.3, 0.4) is 0 Å². The van der Waals surface area contributed by atoms with Gasteiger partial charge in [0.15, 0.2) is 23.0 Å². The van der Waals surface area contributed by atoms with Crippen molar-refractivity contribution >= 4 is 23.5 Å². The van der Waals surface area contributed by atoms with Crippen LogP contribution in [0.1, 0.15) is 41.0 Å². The summed E-state index contributed by atoms with van der Waals surface area (Å²) in [6, 6.07) is 7.31. The molecule has 29 heavy (non-hydrogen) atoms. The minimum absolute atomic E-state index is 0.144. The Morgan fingerprint density at radius 3 is 2.24 bits per heavy atom. The van der Waals surface area contributed by atoms with Gasteiger partial charge in [-0.05, 0) is 43.7 Å². The van der Waals surface area contributed by atoms with Crippen LogP contribution in [0.5, 0.6) is 23.0 Å². The number of methoxy groups -OCH3 is 2. The van der Waals surface area contributed by atoms with Crippen LogP contribution in [0.25, 0.3) is 0 Å². The Balaban J connectivity index is 2.31. The quantitative estimate of drug-likeness (QED) is 0.433. The third kappa shape index (κ3) is 5.54. The number of benzene rings is 2. The van der Waals surface area contributed by atoms with Gasteiger partial charge < -0.3 is 23.7 Å². The summed E-state index contributed by atoms with van der Waals surface area (Å²) >= 11 is 6.29. The van der Waals surface area contributed by atoms with Crippen LogP contribution in [0, 0.1) is 0 Å². The van der Waals surface area contributed by atoms with Crippen molar-refractivity contribution in [3.05, 3.63) is 46.5 Å². The molecule has 0 saturated heterocycles. The standard InChI is InChI=1S/C21H23ClO7/c1-5-9-28-19-15(22)10-14(12-18(19)27-6-2)21(24)29-16-8-7-13(20(23)26-4)11-17(16)25-3/h7-8,10-12H,5-6,9H2,1-4H3. The number of hydrogen-bond donors (Lipinski definition) is 0. The molecule has 7 nitrogen and oxygen atoms in total. The molecule has 0 N–H and O–H groups in total. The van der Waals surface area contributed by atoms with Crippen molar-refractivity contribution in [2.45, 2.75) is 20.3 Å². The van der Waals surface area contributed by atoms with Gasteiger partial charge in [-0.2, -0.15) is 0 Å². The molecule has 0 aliphatic rings. The van der Waals surface area contributed by atoms with Crippen LogP contribution in [-0.4, -0.2) is 39.4 Å². The molecule has 0 aliphatic carbocycles. The van der Waals surface area contributed by atoms with E-state index in [-0.39, 0.29) is 27.6 Å². The van der Waals surface area contributed by atoms with E-state index in [0.29, 0.717) is 24.7 Å². The van der Waals surface area contributed by atoms with Crippen LogP contribution >= 0.6 is 11.6 Å².